The third-order valence-corrected chi connectivity index (χ3v) is 10.2. The maximum absolute atomic E-state index is 14.5. The monoisotopic (exact) mass is 673 g/mol. The third kappa shape index (κ3) is 9.59. The molecule has 4 N–H and O–H groups in total. The van der Waals surface area contributed by atoms with Crippen LogP contribution in [0.1, 0.15) is 107 Å². The lowest BCUT2D eigenvalue weighted by Gasteiger charge is -2.37. The number of unbranched alkanes of at least 4 members (excludes halogenated alkanes) is 1. The van der Waals surface area contributed by atoms with E-state index in [0.717, 1.165) is 38.5 Å². The van der Waals surface area contributed by atoms with Crippen molar-refractivity contribution in [1.82, 2.24) is 26.2 Å². The number of urea groups is 1. The number of hydrogen-bond acceptors (Lipinski definition) is 7. The number of esters is 1. The van der Waals surface area contributed by atoms with E-state index >= 15 is 0 Å². The Balaban J connectivity index is 1.86. The Kier molecular flexibility index (Phi) is 13.3. The standard InChI is InChI=1S/C36H59N5O7/c1-10-12-18-24(29(42)31(44)37-19-11-2)38-30(43)28-25-23(36(25,8)9)20-41(28)32(45)27(22-16-14-13-15-17-22)40-34(47)39-26(21(3)4)33(46)48-35(5,6)7/h11,21-28H,2,10,12-20H2,1,3-9H3,(H,37,44)(H,38,43)(H2,39,40,47)/t23-,24?,25-,26-,27-,28-/m0/s1. The van der Waals surface area contributed by atoms with E-state index in [1.807, 2.05) is 20.8 Å². The highest BCUT2D eigenvalue weighted by atomic mass is 16.6. The Morgan fingerprint density at radius 1 is 1.00 bits per heavy atom. The number of piperidine rings is 1. The summed E-state index contributed by atoms with van der Waals surface area (Å²) in [7, 11) is 0. The predicted molar refractivity (Wildman–Crippen MR) is 182 cm³/mol. The molecule has 270 valence electrons. The number of carbonyl (C=O) groups is 6. The molecule has 6 atom stereocenters. The first kappa shape index (κ1) is 39.0. The first-order chi connectivity index (χ1) is 22.4. The van der Waals surface area contributed by atoms with Crippen LogP contribution in [0.15, 0.2) is 12.7 Å². The van der Waals surface area contributed by atoms with Crippen LogP contribution in [0.3, 0.4) is 0 Å². The van der Waals surface area contributed by atoms with Crippen LogP contribution in [0.25, 0.3) is 0 Å². The number of carbonyl (C=O) groups excluding carboxylic acids is 6. The van der Waals surface area contributed by atoms with Gasteiger partial charge in [-0.1, -0.05) is 72.8 Å². The van der Waals surface area contributed by atoms with Crippen LogP contribution < -0.4 is 21.3 Å². The number of ketones is 1. The molecule has 3 aliphatic rings. The van der Waals surface area contributed by atoms with Crippen LogP contribution in [0.2, 0.25) is 0 Å². The summed E-state index contributed by atoms with van der Waals surface area (Å²) in [5, 5.41) is 11.0. The van der Waals surface area contributed by atoms with E-state index in [-0.39, 0.29) is 41.5 Å². The van der Waals surface area contributed by atoms with E-state index in [9.17, 15) is 28.8 Å². The largest absolute Gasteiger partial charge is 0.458 e. The summed E-state index contributed by atoms with van der Waals surface area (Å²) in [6, 6.07) is -4.36. The Bertz CT molecular complexity index is 1220. The maximum Gasteiger partial charge on any atom is 0.329 e. The Morgan fingerprint density at radius 3 is 2.21 bits per heavy atom. The fraction of sp³-hybridized carbons (Fsp3) is 0.778. The fourth-order valence-corrected chi connectivity index (χ4v) is 7.37. The zero-order chi connectivity index (χ0) is 36.0. The second kappa shape index (κ2) is 16.3. The lowest BCUT2D eigenvalue weighted by atomic mass is 9.83. The van der Waals surface area contributed by atoms with Gasteiger partial charge in [0, 0.05) is 13.1 Å². The molecule has 1 unspecified atom stereocenters. The summed E-state index contributed by atoms with van der Waals surface area (Å²) >= 11 is 0. The SMILES string of the molecule is C=CCNC(=O)C(=O)C(CCCC)NC(=O)[C@@H]1[C@@H]2[C@H](CN1C(=O)[C@@H](NC(=O)N[C@H](C(=O)OC(C)(C)C)C(C)C)C1CCCCC1)C2(C)C. The number of nitrogens with one attached hydrogen (secondary N) is 4. The molecule has 3 fully saturated rings. The van der Waals surface area contributed by atoms with Gasteiger partial charge in [0.2, 0.25) is 17.6 Å². The van der Waals surface area contributed by atoms with Crippen molar-refractivity contribution in [3.63, 3.8) is 0 Å². The van der Waals surface area contributed by atoms with Crippen molar-refractivity contribution in [1.29, 1.82) is 0 Å². The first-order valence-electron chi connectivity index (χ1n) is 17.8. The summed E-state index contributed by atoms with van der Waals surface area (Å²) in [5.74, 6) is -3.36. The van der Waals surface area contributed by atoms with Gasteiger partial charge < -0.3 is 30.9 Å². The van der Waals surface area contributed by atoms with Crippen molar-refractivity contribution in [2.75, 3.05) is 13.1 Å². The fourth-order valence-electron chi connectivity index (χ4n) is 7.37. The smallest absolute Gasteiger partial charge is 0.329 e. The quantitative estimate of drug-likeness (QED) is 0.117. The maximum atomic E-state index is 14.5. The molecule has 0 spiro atoms. The van der Waals surface area contributed by atoms with Gasteiger partial charge in [-0.2, -0.15) is 0 Å². The van der Waals surface area contributed by atoms with Crippen LogP contribution in [0.5, 0.6) is 0 Å². The number of fused-ring (bicyclic) bond motifs is 1. The lowest BCUT2D eigenvalue weighted by molar-refractivity contribution is -0.158. The number of likely N-dealkylation sites (tertiary alicyclic amines) is 1. The molecule has 3 rings (SSSR count). The molecular formula is C36H59N5O7. The highest BCUT2D eigenvalue weighted by molar-refractivity contribution is 6.38. The number of Topliss-reactive ketones (excluding diaryl/α,β-unsaturated/α-hetero) is 1. The first-order valence-corrected chi connectivity index (χ1v) is 17.8. The number of rotatable bonds is 15. The molecule has 1 heterocycles. The van der Waals surface area contributed by atoms with Crippen molar-refractivity contribution < 1.29 is 33.5 Å². The molecule has 1 aliphatic heterocycles. The van der Waals surface area contributed by atoms with E-state index in [4.69, 9.17) is 4.74 Å². The number of ether oxygens (including phenoxy) is 1. The zero-order valence-electron chi connectivity index (χ0n) is 30.3. The minimum Gasteiger partial charge on any atom is -0.458 e. The van der Waals surface area contributed by atoms with Gasteiger partial charge in [0.25, 0.3) is 5.91 Å². The van der Waals surface area contributed by atoms with Crippen molar-refractivity contribution >= 4 is 35.5 Å². The molecular weight excluding hydrogens is 614 g/mol. The van der Waals surface area contributed by atoms with E-state index < -0.39 is 59.4 Å². The molecule has 12 nitrogen and oxygen atoms in total. The normalized spacial score (nSPS) is 23.6. The number of nitrogens with zero attached hydrogens (tertiary/aromatic N) is 1. The minimum atomic E-state index is -1.03. The molecule has 1 saturated heterocycles. The molecule has 12 heteroatoms. The molecule has 2 saturated carbocycles. The van der Waals surface area contributed by atoms with Crippen molar-refractivity contribution in [3.8, 4) is 0 Å². The molecule has 5 amide bonds. The number of amides is 5. The van der Waals surface area contributed by atoms with Gasteiger partial charge in [0.1, 0.15) is 23.7 Å². The summed E-state index contributed by atoms with van der Waals surface area (Å²) in [5.41, 5.74) is -0.926. The summed E-state index contributed by atoms with van der Waals surface area (Å²) in [6.07, 6.45) is 7.52. The van der Waals surface area contributed by atoms with Gasteiger partial charge in [0.05, 0.1) is 6.04 Å². The Labute approximate surface area is 286 Å². The highest BCUT2D eigenvalue weighted by Crippen LogP contribution is 2.65. The average Bonchev–Trinajstić information content (AvgIpc) is 3.33. The third-order valence-electron chi connectivity index (χ3n) is 10.2. The summed E-state index contributed by atoms with van der Waals surface area (Å²) in [6.45, 7) is 19.0. The second-order valence-electron chi connectivity index (χ2n) is 15.7. The average molecular weight is 674 g/mol. The van der Waals surface area contributed by atoms with Crippen molar-refractivity contribution in [3.05, 3.63) is 12.7 Å². The van der Waals surface area contributed by atoms with Crippen LogP contribution in [-0.2, 0) is 28.7 Å². The van der Waals surface area contributed by atoms with Gasteiger partial charge in [0.15, 0.2) is 0 Å². The van der Waals surface area contributed by atoms with Crippen LogP contribution >= 0.6 is 0 Å². The van der Waals surface area contributed by atoms with Crippen LogP contribution in [-0.4, -0.2) is 83.3 Å². The predicted octanol–water partition coefficient (Wildman–Crippen LogP) is 3.63. The minimum absolute atomic E-state index is 0.0798. The van der Waals surface area contributed by atoms with Crippen molar-refractivity contribution in [2.45, 2.75) is 137 Å². The van der Waals surface area contributed by atoms with Crippen LogP contribution in [0, 0.1) is 29.1 Å². The molecule has 0 bridgehead atoms. The molecule has 0 aromatic carbocycles. The molecule has 48 heavy (non-hydrogen) atoms. The van der Waals surface area contributed by atoms with Gasteiger partial charge in [-0.05, 0) is 69.1 Å². The topological polar surface area (TPSA) is 163 Å². The molecule has 2 aliphatic carbocycles. The number of hydrogen-bond donors (Lipinski definition) is 4. The van der Waals surface area contributed by atoms with E-state index in [1.54, 1.807) is 25.7 Å². The summed E-state index contributed by atoms with van der Waals surface area (Å²) in [4.78, 5) is 82.2. The van der Waals surface area contributed by atoms with Gasteiger partial charge >= 0.3 is 12.0 Å². The van der Waals surface area contributed by atoms with Gasteiger partial charge in [-0.25, -0.2) is 9.59 Å². The summed E-state index contributed by atoms with van der Waals surface area (Å²) < 4.78 is 5.54. The van der Waals surface area contributed by atoms with E-state index in [0.29, 0.717) is 19.4 Å². The van der Waals surface area contributed by atoms with Gasteiger partial charge in [-0.15, -0.1) is 6.58 Å². The zero-order valence-corrected chi connectivity index (χ0v) is 30.3. The highest BCUT2D eigenvalue weighted by Gasteiger charge is 2.69. The molecule has 0 radical (unpaired) electrons. The van der Waals surface area contributed by atoms with Crippen molar-refractivity contribution in [2.24, 2.45) is 29.1 Å². The van der Waals surface area contributed by atoms with Crippen LogP contribution in [0.4, 0.5) is 4.79 Å². The molecule has 0 aromatic heterocycles. The van der Waals surface area contributed by atoms with E-state index in [2.05, 4.69) is 41.7 Å². The van der Waals surface area contributed by atoms with E-state index in [1.165, 1.54) is 6.08 Å². The second-order valence-corrected chi connectivity index (χ2v) is 15.7. The molecule has 0 aromatic rings. The Hall–Kier alpha value is -3.44. The van der Waals surface area contributed by atoms with Gasteiger partial charge in [-0.3, -0.25) is 19.2 Å². The lowest BCUT2D eigenvalue weighted by Crippen LogP contribution is -2.61. The Morgan fingerprint density at radius 2 is 1.65 bits per heavy atom.